The third-order valence-electron chi connectivity index (χ3n) is 3.60. The first kappa shape index (κ1) is 14.4. The Balaban J connectivity index is 2.30. The fraction of sp³-hybridized carbons (Fsp3) is 0.533. The first-order chi connectivity index (χ1) is 8.71. The third kappa shape index (κ3) is 3.10. The molecule has 4 heteroatoms. The summed E-state index contributed by atoms with van der Waals surface area (Å²) in [6.07, 6.45) is 0. The number of benzene rings is 1. The maximum atomic E-state index is 12.7. The number of nitrogens with zero attached hydrogens (tertiary/aromatic N) is 1. The fourth-order valence-corrected chi connectivity index (χ4v) is 2.53. The summed E-state index contributed by atoms with van der Waals surface area (Å²) in [5.74, 6) is 0.0436. The second-order valence-corrected chi connectivity index (χ2v) is 6.89. The quantitative estimate of drug-likeness (QED) is 0.858. The number of carbonyl (C=O) groups excluding carboxylic acids is 1. The zero-order valence-electron chi connectivity index (χ0n) is 12.0. The highest BCUT2D eigenvalue weighted by Crippen LogP contribution is 2.26. The van der Waals surface area contributed by atoms with Crippen molar-refractivity contribution in [2.24, 2.45) is 0 Å². The van der Waals surface area contributed by atoms with Crippen molar-refractivity contribution in [3.63, 3.8) is 0 Å². The minimum atomic E-state index is -0.199. The van der Waals surface area contributed by atoms with Crippen molar-refractivity contribution in [3.05, 3.63) is 34.9 Å². The summed E-state index contributed by atoms with van der Waals surface area (Å²) in [7, 11) is 0. The molecule has 1 aliphatic heterocycles. The lowest BCUT2D eigenvalue weighted by atomic mass is 9.90. The Kier molecular flexibility index (Phi) is 3.63. The molecule has 1 fully saturated rings. The molecule has 0 radical (unpaired) electrons. The topological polar surface area (TPSA) is 32.3 Å². The van der Waals surface area contributed by atoms with Crippen LogP contribution < -0.4 is 5.32 Å². The van der Waals surface area contributed by atoms with E-state index in [1.807, 2.05) is 17.0 Å². The van der Waals surface area contributed by atoms with Gasteiger partial charge in [0.25, 0.3) is 5.91 Å². The molecule has 1 N–H and O–H groups in total. The third-order valence-corrected chi connectivity index (χ3v) is 3.84. The zero-order valence-corrected chi connectivity index (χ0v) is 12.7. The average molecular weight is 281 g/mol. The smallest absolute Gasteiger partial charge is 0.254 e. The Morgan fingerprint density at radius 2 is 2.00 bits per heavy atom. The van der Waals surface area contributed by atoms with Gasteiger partial charge in [0.05, 0.1) is 5.54 Å². The van der Waals surface area contributed by atoms with Crippen molar-refractivity contribution in [1.82, 2.24) is 10.2 Å². The van der Waals surface area contributed by atoms with Crippen LogP contribution in [0.5, 0.6) is 0 Å². The Hall–Kier alpha value is -1.06. The molecule has 3 nitrogen and oxygen atoms in total. The van der Waals surface area contributed by atoms with E-state index in [9.17, 15) is 4.79 Å². The molecule has 0 aromatic heterocycles. The van der Waals surface area contributed by atoms with E-state index in [0.29, 0.717) is 17.1 Å². The molecule has 0 saturated carbocycles. The van der Waals surface area contributed by atoms with Crippen LogP contribution in [0.4, 0.5) is 0 Å². The molecule has 1 saturated heterocycles. The van der Waals surface area contributed by atoms with Crippen molar-refractivity contribution < 1.29 is 4.79 Å². The highest BCUT2D eigenvalue weighted by molar-refractivity contribution is 6.30. The molecule has 1 aromatic carbocycles. The first-order valence-corrected chi connectivity index (χ1v) is 6.92. The predicted molar refractivity (Wildman–Crippen MR) is 78.6 cm³/mol. The minimum Gasteiger partial charge on any atom is -0.330 e. The molecule has 19 heavy (non-hydrogen) atoms. The summed E-state index contributed by atoms with van der Waals surface area (Å²) >= 11 is 5.97. The largest absolute Gasteiger partial charge is 0.330 e. The van der Waals surface area contributed by atoms with E-state index in [1.54, 1.807) is 12.1 Å². The second kappa shape index (κ2) is 4.80. The SMILES string of the molecule is CC1(C)CN(C(=O)c2cccc(Cl)c2)C(C)(C)CN1. The normalized spacial score (nSPS) is 21.2. The monoisotopic (exact) mass is 280 g/mol. The fourth-order valence-electron chi connectivity index (χ4n) is 2.34. The van der Waals surface area contributed by atoms with Gasteiger partial charge < -0.3 is 10.2 Å². The van der Waals surface area contributed by atoms with Gasteiger partial charge in [-0.05, 0) is 45.9 Å². The van der Waals surface area contributed by atoms with Crippen molar-refractivity contribution in [2.75, 3.05) is 13.1 Å². The Morgan fingerprint density at radius 1 is 1.32 bits per heavy atom. The highest BCUT2D eigenvalue weighted by atomic mass is 35.5. The molecule has 1 heterocycles. The number of piperazine rings is 1. The van der Waals surface area contributed by atoms with Crippen molar-refractivity contribution in [2.45, 2.75) is 38.8 Å². The average Bonchev–Trinajstić information content (AvgIpc) is 2.32. The molecule has 104 valence electrons. The van der Waals surface area contributed by atoms with Gasteiger partial charge in [-0.25, -0.2) is 0 Å². The number of rotatable bonds is 1. The maximum absolute atomic E-state index is 12.7. The van der Waals surface area contributed by atoms with Crippen LogP contribution in [0.15, 0.2) is 24.3 Å². The van der Waals surface area contributed by atoms with Crippen LogP contribution in [0.2, 0.25) is 5.02 Å². The number of halogens is 1. The number of carbonyl (C=O) groups is 1. The van der Waals surface area contributed by atoms with Crippen LogP contribution in [-0.4, -0.2) is 35.0 Å². The predicted octanol–water partition coefficient (Wildman–Crippen LogP) is 2.94. The Morgan fingerprint density at radius 3 is 2.63 bits per heavy atom. The number of hydrogen-bond donors (Lipinski definition) is 1. The van der Waals surface area contributed by atoms with Crippen LogP contribution in [0.25, 0.3) is 0 Å². The van der Waals surface area contributed by atoms with Crippen molar-refractivity contribution in [1.29, 1.82) is 0 Å². The Bertz CT molecular complexity index is 497. The van der Waals surface area contributed by atoms with Gasteiger partial charge in [0.15, 0.2) is 0 Å². The molecular weight excluding hydrogens is 260 g/mol. The van der Waals surface area contributed by atoms with Crippen LogP contribution >= 0.6 is 11.6 Å². The molecule has 0 unspecified atom stereocenters. The minimum absolute atomic E-state index is 0.0436. The van der Waals surface area contributed by atoms with Crippen LogP contribution in [0.1, 0.15) is 38.1 Å². The lowest BCUT2D eigenvalue weighted by Gasteiger charge is -2.49. The summed E-state index contributed by atoms with van der Waals surface area (Å²) < 4.78 is 0. The number of hydrogen-bond acceptors (Lipinski definition) is 2. The standard InChI is InChI=1S/C15H21ClN2O/c1-14(2)10-18(15(3,4)9-17-14)13(19)11-6-5-7-12(16)8-11/h5-8,17H,9-10H2,1-4H3. The molecule has 1 aromatic rings. The van der Waals surface area contributed by atoms with E-state index >= 15 is 0 Å². The van der Waals surface area contributed by atoms with Gasteiger partial charge in [-0.1, -0.05) is 17.7 Å². The van der Waals surface area contributed by atoms with Gasteiger partial charge in [-0.2, -0.15) is 0 Å². The molecule has 0 spiro atoms. The summed E-state index contributed by atoms with van der Waals surface area (Å²) in [5.41, 5.74) is 0.386. The lowest BCUT2D eigenvalue weighted by molar-refractivity contribution is 0.0281. The van der Waals surface area contributed by atoms with E-state index in [4.69, 9.17) is 11.6 Å². The van der Waals surface area contributed by atoms with E-state index in [-0.39, 0.29) is 17.0 Å². The van der Waals surface area contributed by atoms with Crippen LogP contribution in [-0.2, 0) is 0 Å². The van der Waals surface area contributed by atoms with E-state index in [2.05, 4.69) is 33.0 Å². The van der Waals surface area contributed by atoms with Gasteiger partial charge in [0.2, 0.25) is 0 Å². The maximum Gasteiger partial charge on any atom is 0.254 e. The Labute approximate surface area is 119 Å². The highest BCUT2D eigenvalue weighted by Gasteiger charge is 2.40. The summed E-state index contributed by atoms with van der Waals surface area (Å²) in [6.45, 7) is 9.86. The lowest BCUT2D eigenvalue weighted by Crippen LogP contribution is -2.67. The van der Waals surface area contributed by atoms with Gasteiger partial charge >= 0.3 is 0 Å². The van der Waals surface area contributed by atoms with Gasteiger partial charge in [-0.3, -0.25) is 4.79 Å². The summed E-state index contributed by atoms with van der Waals surface area (Å²) in [4.78, 5) is 14.6. The number of amides is 1. The van der Waals surface area contributed by atoms with Gasteiger partial charge in [-0.15, -0.1) is 0 Å². The number of nitrogens with one attached hydrogen (secondary N) is 1. The summed E-state index contributed by atoms with van der Waals surface area (Å²) in [5, 5.41) is 4.07. The van der Waals surface area contributed by atoms with E-state index in [1.165, 1.54) is 0 Å². The molecule has 1 aliphatic rings. The second-order valence-electron chi connectivity index (χ2n) is 6.45. The van der Waals surface area contributed by atoms with Crippen molar-refractivity contribution >= 4 is 17.5 Å². The van der Waals surface area contributed by atoms with E-state index < -0.39 is 0 Å². The van der Waals surface area contributed by atoms with Crippen LogP contribution in [0.3, 0.4) is 0 Å². The zero-order chi connectivity index (χ0) is 14.3. The molecule has 1 amide bonds. The van der Waals surface area contributed by atoms with Crippen LogP contribution in [0, 0.1) is 0 Å². The van der Waals surface area contributed by atoms with Gasteiger partial charge in [0, 0.05) is 29.2 Å². The van der Waals surface area contributed by atoms with Gasteiger partial charge in [0.1, 0.15) is 0 Å². The van der Waals surface area contributed by atoms with Crippen molar-refractivity contribution in [3.8, 4) is 0 Å². The first-order valence-electron chi connectivity index (χ1n) is 6.54. The van der Waals surface area contributed by atoms with E-state index in [0.717, 1.165) is 6.54 Å². The molecular formula is C15H21ClN2O. The molecule has 0 bridgehead atoms. The molecule has 0 aliphatic carbocycles. The summed E-state index contributed by atoms with van der Waals surface area (Å²) in [6, 6.07) is 7.15. The molecule has 0 atom stereocenters. The molecule has 2 rings (SSSR count).